The van der Waals surface area contributed by atoms with E-state index in [4.69, 9.17) is 4.74 Å². The molecule has 25 heavy (non-hydrogen) atoms. The summed E-state index contributed by atoms with van der Waals surface area (Å²) in [5.74, 6) is -0.985. The molecule has 0 bridgehead atoms. The summed E-state index contributed by atoms with van der Waals surface area (Å²) in [7, 11) is 0. The molecule has 7 nitrogen and oxygen atoms in total. The molecule has 1 amide bonds. The average Bonchev–Trinajstić information content (AvgIpc) is 3.21. The Balaban J connectivity index is 1.56. The van der Waals surface area contributed by atoms with Crippen LogP contribution < -0.4 is 5.32 Å². The summed E-state index contributed by atoms with van der Waals surface area (Å²) in [5, 5.41) is 9.10. The number of anilines is 1. The first-order valence-electron chi connectivity index (χ1n) is 7.53. The zero-order chi connectivity index (χ0) is 17.8. The molecular formula is C17H16N4O3S. The number of hydrogen-bond donors (Lipinski definition) is 1. The predicted molar refractivity (Wildman–Crippen MR) is 94.1 cm³/mol. The number of thiazole rings is 1. The number of nitrogens with one attached hydrogen (secondary N) is 1. The highest BCUT2D eigenvalue weighted by Gasteiger charge is 2.12. The van der Waals surface area contributed by atoms with Crippen molar-refractivity contribution in [1.82, 2.24) is 14.8 Å². The van der Waals surface area contributed by atoms with Crippen molar-refractivity contribution < 1.29 is 14.3 Å². The lowest BCUT2D eigenvalue weighted by Gasteiger charge is -2.07. The Labute approximate surface area is 148 Å². The van der Waals surface area contributed by atoms with Crippen LogP contribution in [-0.2, 0) is 9.53 Å². The minimum absolute atomic E-state index is 0.364. The lowest BCUT2D eigenvalue weighted by atomic mass is 10.2. The lowest BCUT2D eigenvalue weighted by Crippen LogP contribution is -2.20. The van der Waals surface area contributed by atoms with E-state index >= 15 is 0 Å². The highest BCUT2D eigenvalue weighted by Crippen LogP contribution is 2.14. The molecular weight excluding hydrogens is 340 g/mol. The number of carbonyl (C=O) groups excluding carboxylic acids is 2. The number of ether oxygens (including phenoxy) is 1. The van der Waals surface area contributed by atoms with Crippen molar-refractivity contribution in [3.63, 3.8) is 0 Å². The Morgan fingerprint density at radius 1 is 1.20 bits per heavy atom. The van der Waals surface area contributed by atoms with Gasteiger partial charge >= 0.3 is 5.97 Å². The smallest absolute Gasteiger partial charge is 0.338 e. The van der Waals surface area contributed by atoms with E-state index in [0.29, 0.717) is 10.7 Å². The summed E-state index contributed by atoms with van der Waals surface area (Å²) < 4.78 is 6.79. The molecule has 0 fully saturated rings. The molecule has 0 aliphatic carbocycles. The molecule has 0 aliphatic heterocycles. The Morgan fingerprint density at radius 3 is 2.56 bits per heavy atom. The quantitative estimate of drug-likeness (QED) is 0.711. The standard InChI is InChI=1S/C17H16N4O3S/c1-11-10-25-17(19-11)20-15(22)9-24-16(23)13-3-5-14(6-4-13)21-12(2)7-8-18-21/h3-8,10H,9H2,1-2H3,(H,19,20,22). The number of carbonyl (C=O) groups is 2. The first-order chi connectivity index (χ1) is 12.0. The summed E-state index contributed by atoms with van der Waals surface area (Å²) in [6.07, 6.45) is 1.71. The third-order valence-corrected chi connectivity index (χ3v) is 4.25. The summed E-state index contributed by atoms with van der Waals surface area (Å²) in [4.78, 5) is 27.9. The largest absolute Gasteiger partial charge is 0.452 e. The number of nitrogens with zero attached hydrogens (tertiary/aromatic N) is 3. The summed E-state index contributed by atoms with van der Waals surface area (Å²) in [5.41, 5.74) is 3.02. The normalized spacial score (nSPS) is 10.5. The molecule has 2 aromatic heterocycles. The van der Waals surface area contributed by atoms with E-state index in [1.807, 2.05) is 25.3 Å². The Bertz CT molecular complexity index is 899. The molecule has 0 saturated heterocycles. The minimum atomic E-state index is -0.561. The van der Waals surface area contributed by atoms with Crippen molar-refractivity contribution in [2.45, 2.75) is 13.8 Å². The van der Waals surface area contributed by atoms with Crippen LogP contribution in [0.15, 0.2) is 41.9 Å². The molecule has 0 spiro atoms. The summed E-state index contributed by atoms with van der Waals surface area (Å²) in [6.45, 7) is 3.41. The molecule has 8 heteroatoms. The van der Waals surface area contributed by atoms with Crippen LogP contribution in [0.1, 0.15) is 21.7 Å². The minimum Gasteiger partial charge on any atom is -0.452 e. The number of rotatable bonds is 5. The molecule has 0 atom stereocenters. The van der Waals surface area contributed by atoms with Gasteiger partial charge in [0.15, 0.2) is 11.7 Å². The van der Waals surface area contributed by atoms with E-state index in [9.17, 15) is 9.59 Å². The average molecular weight is 356 g/mol. The third-order valence-electron chi connectivity index (χ3n) is 3.38. The van der Waals surface area contributed by atoms with Crippen molar-refractivity contribution >= 4 is 28.3 Å². The van der Waals surface area contributed by atoms with Gasteiger partial charge in [0.2, 0.25) is 0 Å². The number of amides is 1. The molecule has 1 N–H and O–H groups in total. The second-order valence-electron chi connectivity index (χ2n) is 5.35. The van der Waals surface area contributed by atoms with Crippen molar-refractivity contribution in [2.75, 3.05) is 11.9 Å². The second-order valence-corrected chi connectivity index (χ2v) is 6.21. The number of benzene rings is 1. The van der Waals surface area contributed by atoms with Gasteiger partial charge in [0.1, 0.15) is 0 Å². The highest BCUT2D eigenvalue weighted by molar-refractivity contribution is 7.13. The lowest BCUT2D eigenvalue weighted by molar-refractivity contribution is -0.119. The van der Waals surface area contributed by atoms with E-state index in [-0.39, 0.29) is 6.61 Å². The first-order valence-corrected chi connectivity index (χ1v) is 8.41. The van der Waals surface area contributed by atoms with E-state index in [1.165, 1.54) is 11.3 Å². The monoisotopic (exact) mass is 356 g/mol. The molecule has 0 unspecified atom stereocenters. The van der Waals surface area contributed by atoms with Crippen molar-refractivity contribution in [1.29, 1.82) is 0 Å². The number of hydrogen-bond acceptors (Lipinski definition) is 6. The molecule has 3 aromatic rings. The van der Waals surface area contributed by atoms with Crippen molar-refractivity contribution in [2.24, 2.45) is 0 Å². The molecule has 0 aliphatic rings. The Hall–Kier alpha value is -3.00. The van der Waals surface area contributed by atoms with E-state index in [1.54, 1.807) is 35.1 Å². The van der Waals surface area contributed by atoms with Gasteiger partial charge in [-0.1, -0.05) is 0 Å². The first kappa shape index (κ1) is 16.8. The van der Waals surface area contributed by atoms with Crippen LogP contribution in [0.25, 0.3) is 5.69 Å². The maximum Gasteiger partial charge on any atom is 0.338 e. The van der Waals surface area contributed by atoms with Gasteiger partial charge in [0.25, 0.3) is 5.91 Å². The van der Waals surface area contributed by atoms with Crippen LogP contribution in [0.4, 0.5) is 5.13 Å². The maximum absolute atomic E-state index is 12.0. The van der Waals surface area contributed by atoms with Gasteiger partial charge in [-0.25, -0.2) is 14.5 Å². The van der Waals surface area contributed by atoms with E-state index in [2.05, 4.69) is 15.4 Å². The van der Waals surface area contributed by atoms with E-state index in [0.717, 1.165) is 17.1 Å². The molecule has 2 heterocycles. The molecule has 0 radical (unpaired) electrons. The van der Waals surface area contributed by atoms with Crippen molar-refractivity contribution in [3.05, 3.63) is 58.9 Å². The molecule has 128 valence electrons. The molecule has 0 saturated carbocycles. The topological polar surface area (TPSA) is 86.1 Å². The van der Waals surface area contributed by atoms with E-state index < -0.39 is 11.9 Å². The second kappa shape index (κ2) is 7.27. The zero-order valence-electron chi connectivity index (χ0n) is 13.7. The van der Waals surface area contributed by atoms with Crippen LogP contribution in [0.5, 0.6) is 0 Å². The Kier molecular flexibility index (Phi) is 4.90. The third kappa shape index (κ3) is 4.10. The maximum atomic E-state index is 12.0. The molecule has 3 rings (SSSR count). The van der Waals surface area contributed by atoms with Gasteiger partial charge in [0.05, 0.1) is 16.9 Å². The fourth-order valence-electron chi connectivity index (χ4n) is 2.16. The van der Waals surface area contributed by atoms with Crippen LogP contribution in [0, 0.1) is 13.8 Å². The Morgan fingerprint density at radius 2 is 1.96 bits per heavy atom. The molecule has 1 aromatic carbocycles. The van der Waals surface area contributed by atoms with Gasteiger partial charge in [-0.3, -0.25) is 10.1 Å². The van der Waals surface area contributed by atoms with Crippen LogP contribution in [0.2, 0.25) is 0 Å². The number of aryl methyl sites for hydroxylation is 2. The van der Waals surface area contributed by atoms with Gasteiger partial charge in [0, 0.05) is 17.3 Å². The van der Waals surface area contributed by atoms with Gasteiger partial charge in [-0.15, -0.1) is 11.3 Å². The highest BCUT2D eigenvalue weighted by atomic mass is 32.1. The fourth-order valence-corrected chi connectivity index (χ4v) is 2.86. The van der Waals surface area contributed by atoms with Gasteiger partial charge in [-0.2, -0.15) is 5.10 Å². The predicted octanol–water partition coefficient (Wildman–Crippen LogP) is 2.74. The van der Waals surface area contributed by atoms with Gasteiger partial charge < -0.3 is 4.74 Å². The van der Waals surface area contributed by atoms with Crippen molar-refractivity contribution in [3.8, 4) is 5.69 Å². The van der Waals surface area contributed by atoms with Gasteiger partial charge in [-0.05, 0) is 44.2 Å². The summed E-state index contributed by atoms with van der Waals surface area (Å²) in [6, 6.07) is 8.72. The number of esters is 1. The zero-order valence-corrected chi connectivity index (χ0v) is 14.5. The SMILES string of the molecule is Cc1csc(NC(=O)COC(=O)c2ccc(-n3nccc3C)cc2)n1. The fraction of sp³-hybridized carbons (Fsp3) is 0.176. The van der Waals surface area contributed by atoms with Crippen LogP contribution in [-0.4, -0.2) is 33.2 Å². The van der Waals surface area contributed by atoms with Crippen LogP contribution in [0.3, 0.4) is 0 Å². The number of aromatic nitrogens is 3. The van der Waals surface area contributed by atoms with Crippen LogP contribution >= 0.6 is 11.3 Å². The summed E-state index contributed by atoms with van der Waals surface area (Å²) >= 11 is 1.32.